The second-order valence-electron chi connectivity index (χ2n) is 3.05. The van der Waals surface area contributed by atoms with Gasteiger partial charge < -0.3 is 10.5 Å². The van der Waals surface area contributed by atoms with Crippen LogP contribution in [0, 0.1) is 0 Å². The molecule has 2 nitrogen and oxygen atoms in total. The van der Waals surface area contributed by atoms with Gasteiger partial charge in [0, 0.05) is 19.0 Å². The fourth-order valence-electron chi connectivity index (χ4n) is 1.04. The molecule has 14 heavy (non-hydrogen) atoms. The van der Waals surface area contributed by atoms with Gasteiger partial charge in [0.05, 0.1) is 0 Å². The summed E-state index contributed by atoms with van der Waals surface area (Å²) in [5.41, 5.74) is 5.18. The van der Waals surface area contributed by atoms with Crippen molar-refractivity contribution in [1.82, 2.24) is 0 Å². The average Bonchev–Trinajstić information content (AvgIpc) is 2.14. The number of halogens is 2. The lowest BCUT2D eigenvalue weighted by molar-refractivity contribution is 0.0172. The molecule has 1 aromatic carbocycles. The van der Waals surface area contributed by atoms with Crippen molar-refractivity contribution >= 4 is 0 Å². The molecule has 0 saturated heterocycles. The molecule has 0 amide bonds. The van der Waals surface area contributed by atoms with Crippen molar-refractivity contribution in [3.8, 4) is 5.75 Å². The molecule has 0 bridgehead atoms. The summed E-state index contributed by atoms with van der Waals surface area (Å²) in [6.07, 6.45) is 0. The molecule has 0 aliphatic rings. The first-order valence-electron chi connectivity index (χ1n) is 4.35. The maximum atomic E-state index is 12.9. The van der Waals surface area contributed by atoms with Gasteiger partial charge in [0.2, 0.25) is 0 Å². The minimum atomic E-state index is -2.83. The van der Waals surface area contributed by atoms with Crippen molar-refractivity contribution in [1.29, 1.82) is 0 Å². The first-order valence-corrected chi connectivity index (χ1v) is 4.35. The third-order valence-electron chi connectivity index (χ3n) is 1.73. The Morgan fingerprint density at radius 2 is 2.14 bits per heavy atom. The molecule has 0 unspecified atom stereocenters. The maximum absolute atomic E-state index is 12.9. The van der Waals surface area contributed by atoms with E-state index in [1.807, 2.05) is 0 Å². The number of benzene rings is 1. The summed E-state index contributed by atoms with van der Waals surface area (Å²) in [6.45, 7) is 1.56. The normalized spacial score (nSPS) is 11.4. The van der Waals surface area contributed by atoms with Crippen LogP contribution in [0.2, 0.25) is 0 Å². The monoisotopic (exact) mass is 201 g/mol. The van der Waals surface area contributed by atoms with Crippen LogP contribution in [0.3, 0.4) is 0 Å². The van der Waals surface area contributed by atoms with Gasteiger partial charge in [0.1, 0.15) is 12.4 Å². The van der Waals surface area contributed by atoms with E-state index in [9.17, 15) is 8.78 Å². The molecule has 4 heteroatoms. The molecular weight excluding hydrogens is 188 g/mol. The standard InChI is InChI=1S/C10H13F2NO/c1-10(11,12)8-3-2-4-9(7-8)14-6-5-13/h2-4,7H,5-6,13H2,1H3. The zero-order valence-corrected chi connectivity index (χ0v) is 7.97. The van der Waals surface area contributed by atoms with Gasteiger partial charge in [0.15, 0.2) is 0 Å². The minimum Gasteiger partial charge on any atom is -0.492 e. The molecule has 1 rings (SSSR count). The van der Waals surface area contributed by atoms with Crippen LogP contribution in [0.5, 0.6) is 5.75 Å². The summed E-state index contributed by atoms with van der Waals surface area (Å²) >= 11 is 0. The molecule has 2 N–H and O–H groups in total. The molecule has 0 saturated carbocycles. The first kappa shape index (κ1) is 10.9. The lowest BCUT2D eigenvalue weighted by Gasteiger charge is -2.12. The SMILES string of the molecule is CC(F)(F)c1cccc(OCCN)c1. The van der Waals surface area contributed by atoms with Gasteiger partial charge in [-0.25, -0.2) is 8.78 Å². The van der Waals surface area contributed by atoms with Crippen LogP contribution in [-0.2, 0) is 5.92 Å². The second-order valence-corrected chi connectivity index (χ2v) is 3.05. The molecule has 0 heterocycles. The van der Waals surface area contributed by atoms with E-state index in [-0.39, 0.29) is 5.56 Å². The summed E-state index contributed by atoms with van der Waals surface area (Å²) in [4.78, 5) is 0. The lowest BCUT2D eigenvalue weighted by atomic mass is 10.1. The highest BCUT2D eigenvalue weighted by molar-refractivity contribution is 5.30. The Labute approximate surface area is 81.7 Å². The first-order chi connectivity index (χ1) is 6.54. The Hall–Kier alpha value is -1.16. The predicted molar refractivity (Wildman–Crippen MR) is 50.6 cm³/mol. The largest absolute Gasteiger partial charge is 0.492 e. The molecule has 0 aromatic heterocycles. The van der Waals surface area contributed by atoms with Crippen LogP contribution in [0.25, 0.3) is 0 Å². The highest BCUT2D eigenvalue weighted by atomic mass is 19.3. The molecule has 0 aliphatic heterocycles. The number of hydrogen-bond acceptors (Lipinski definition) is 2. The Bertz CT molecular complexity index is 296. The quantitative estimate of drug-likeness (QED) is 0.809. The van der Waals surface area contributed by atoms with E-state index in [0.717, 1.165) is 6.92 Å². The predicted octanol–water partition coefficient (Wildman–Crippen LogP) is 2.14. The number of hydrogen-bond donors (Lipinski definition) is 1. The number of nitrogens with two attached hydrogens (primary N) is 1. The molecule has 0 fully saturated rings. The summed E-state index contributed by atoms with van der Waals surface area (Å²) in [5.74, 6) is -2.41. The number of ether oxygens (including phenoxy) is 1. The van der Waals surface area contributed by atoms with E-state index in [1.165, 1.54) is 12.1 Å². The van der Waals surface area contributed by atoms with Crippen molar-refractivity contribution in [3.63, 3.8) is 0 Å². The minimum absolute atomic E-state index is 0.0491. The summed E-state index contributed by atoms with van der Waals surface area (Å²) < 4.78 is 30.9. The number of alkyl halides is 2. The highest BCUT2D eigenvalue weighted by Crippen LogP contribution is 2.29. The van der Waals surface area contributed by atoms with Gasteiger partial charge in [0.25, 0.3) is 5.92 Å². The Kier molecular flexibility index (Phi) is 3.41. The molecular formula is C10H13F2NO. The van der Waals surface area contributed by atoms with E-state index in [1.54, 1.807) is 12.1 Å². The van der Waals surface area contributed by atoms with E-state index in [0.29, 0.717) is 18.9 Å². The van der Waals surface area contributed by atoms with Crippen LogP contribution in [0.15, 0.2) is 24.3 Å². The fourth-order valence-corrected chi connectivity index (χ4v) is 1.04. The summed E-state index contributed by atoms with van der Waals surface area (Å²) in [6, 6.07) is 5.87. The van der Waals surface area contributed by atoms with Gasteiger partial charge in [-0.05, 0) is 12.1 Å². The molecule has 0 aliphatic carbocycles. The van der Waals surface area contributed by atoms with Crippen LogP contribution in [-0.4, -0.2) is 13.2 Å². The van der Waals surface area contributed by atoms with Crippen molar-refractivity contribution in [2.75, 3.05) is 13.2 Å². The van der Waals surface area contributed by atoms with Crippen LogP contribution < -0.4 is 10.5 Å². The van der Waals surface area contributed by atoms with Crippen molar-refractivity contribution in [2.45, 2.75) is 12.8 Å². The highest BCUT2D eigenvalue weighted by Gasteiger charge is 2.24. The lowest BCUT2D eigenvalue weighted by Crippen LogP contribution is -2.11. The molecule has 0 atom stereocenters. The van der Waals surface area contributed by atoms with E-state index < -0.39 is 5.92 Å². The molecule has 1 aromatic rings. The van der Waals surface area contributed by atoms with Crippen molar-refractivity contribution in [2.24, 2.45) is 5.73 Å². The molecule has 78 valence electrons. The summed E-state index contributed by atoms with van der Waals surface area (Å²) in [5, 5.41) is 0. The van der Waals surface area contributed by atoms with E-state index in [2.05, 4.69) is 0 Å². The Morgan fingerprint density at radius 3 is 2.71 bits per heavy atom. The third kappa shape index (κ3) is 2.96. The van der Waals surface area contributed by atoms with Crippen molar-refractivity contribution in [3.05, 3.63) is 29.8 Å². The van der Waals surface area contributed by atoms with Gasteiger partial charge in [-0.1, -0.05) is 12.1 Å². The van der Waals surface area contributed by atoms with Crippen molar-refractivity contribution < 1.29 is 13.5 Å². The van der Waals surface area contributed by atoms with Crippen LogP contribution in [0.4, 0.5) is 8.78 Å². The molecule has 0 spiro atoms. The number of rotatable bonds is 4. The second kappa shape index (κ2) is 4.37. The Balaban J connectivity index is 2.79. The Morgan fingerprint density at radius 1 is 1.43 bits per heavy atom. The zero-order chi connectivity index (χ0) is 10.6. The van der Waals surface area contributed by atoms with Gasteiger partial charge >= 0.3 is 0 Å². The summed E-state index contributed by atoms with van der Waals surface area (Å²) in [7, 11) is 0. The smallest absolute Gasteiger partial charge is 0.270 e. The van der Waals surface area contributed by atoms with E-state index in [4.69, 9.17) is 10.5 Å². The van der Waals surface area contributed by atoms with Gasteiger partial charge in [-0.2, -0.15) is 0 Å². The third-order valence-corrected chi connectivity index (χ3v) is 1.73. The fraction of sp³-hybridized carbons (Fsp3) is 0.400. The average molecular weight is 201 g/mol. The van der Waals surface area contributed by atoms with Crippen LogP contribution in [0.1, 0.15) is 12.5 Å². The maximum Gasteiger partial charge on any atom is 0.270 e. The van der Waals surface area contributed by atoms with E-state index >= 15 is 0 Å². The van der Waals surface area contributed by atoms with Gasteiger partial charge in [-0.15, -0.1) is 0 Å². The topological polar surface area (TPSA) is 35.2 Å². The zero-order valence-electron chi connectivity index (χ0n) is 7.97. The van der Waals surface area contributed by atoms with Gasteiger partial charge in [-0.3, -0.25) is 0 Å². The van der Waals surface area contributed by atoms with Crippen LogP contribution >= 0.6 is 0 Å². The molecule has 0 radical (unpaired) electrons.